The van der Waals surface area contributed by atoms with Crippen LogP contribution in [-0.4, -0.2) is 68.6 Å². The maximum atomic E-state index is 12.5. The number of carbonyl (C=O) groups excluding carboxylic acids is 1. The normalized spacial score (nSPS) is 19.3. The molecule has 3 rings (SSSR count). The minimum atomic E-state index is -3.30. The SMILES string of the molecule is Cl.O=C(NCCS(=O)(=O)N1CCN(CCc2ccccc2)CC1)C1CCCC1. The average Bonchev–Trinajstić information content (AvgIpc) is 3.22. The van der Waals surface area contributed by atoms with Crippen LogP contribution in [0.25, 0.3) is 0 Å². The van der Waals surface area contributed by atoms with Gasteiger partial charge in [0.2, 0.25) is 15.9 Å². The molecule has 158 valence electrons. The molecule has 8 heteroatoms. The number of halogens is 1. The Morgan fingerprint density at radius 3 is 2.32 bits per heavy atom. The summed E-state index contributed by atoms with van der Waals surface area (Å²) in [5.74, 6) is 0.101. The molecule has 1 saturated heterocycles. The Bertz CT molecular complexity index is 701. The van der Waals surface area contributed by atoms with E-state index in [1.165, 1.54) is 5.56 Å². The van der Waals surface area contributed by atoms with Crippen LogP contribution in [0.1, 0.15) is 31.2 Å². The lowest BCUT2D eigenvalue weighted by Crippen LogP contribution is -2.50. The fourth-order valence-electron chi connectivity index (χ4n) is 3.93. The molecule has 0 unspecified atom stereocenters. The second-order valence-electron chi connectivity index (χ2n) is 7.56. The lowest BCUT2D eigenvalue weighted by atomic mass is 10.1. The molecule has 0 bridgehead atoms. The predicted molar refractivity (Wildman–Crippen MR) is 114 cm³/mol. The number of amides is 1. The Morgan fingerprint density at radius 1 is 1.04 bits per heavy atom. The second kappa shape index (κ2) is 11.1. The Labute approximate surface area is 175 Å². The molecule has 28 heavy (non-hydrogen) atoms. The molecule has 1 aromatic carbocycles. The van der Waals surface area contributed by atoms with Crippen LogP contribution in [0, 0.1) is 5.92 Å². The van der Waals surface area contributed by atoms with Gasteiger partial charge in [0.05, 0.1) is 5.75 Å². The van der Waals surface area contributed by atoms with Gasteiger partial charge in [-0.1, -0.05) is 43.2 Å². The monoisotopic (exact) mass is 429 g/mol. The van der Waals surface area contributed by atoms with Crippen LogP contribution in [0.4, 0.5) is 0 Å². The van der Waals surface area contributed by atoms with E-state index in [0.29, 0.717) is 13.1 Å². The van der Waals surface area contributed by atoms with Gasteiger partial charge >= 0.3 is 0 Å². The van der Waals surface area contributed by atoms with Crippen molar-refractivity contribution < 1.29 is 13.2 Å². The number of carbonyl (C=O) groups is 1. The van der Waals surface area contributed by atoms with E-state index in [1.54, 1.807) is 4.31 Å². The van der Waals surface area contributed by atoms with Crippen LogP contribution in [-0.2, 0) is 21.2 Å². The molecule has 0 radical (unpaired) electrons. The van der Waals surface area contributed by atoms with Crippen molar-refractivity contribution in [2.24, 2.45) is 5.92 Å². The Kier molecular flexibility index (Phi) is 9.21. The Morgan fingerprint density at radius 2 is 1.68 bits per heavy atom. The molecule has 1 heterocycles. The van der Waals surface area contributed by atoms with Gasteiger partial charge in [-0.05, 0) is 24.8 Å². The van der Waals surface area contributed by atoms with Crippen LogP contribution < -0.4 is 5.32 Å². The van der Waals surface area contributed by atoms with E-state index in [1.807, 2.05) is 18.2 Å². The summed E-state index contributed by atoms with van der Waals surface area (Å²) in [6, 6.07) is 10.4. The summed E-state index contributed by atoms with van der Waals surface area (Å²) in [6.07, 6.45) is 5.06. The van der Waals surface area contributed by atoms with E-state index in [4.69, 9.17) is 0 Å². The lowest BCUT2D eigenvalue weighted by molar-refractivity contribution is -0.124. The van der Waals surface area contributed by atoms with Crippen molar-refractivity contribution >= 4 is 28.3 Å². The highest BCUT2D eigenvalue weighted by Gasteiger charge is 2.27. The molecular formula is C20H32ClN3O3S. The standard InChI is InChI=1S/C20H31N3O3S.ClH/c24-20(19-8-4-5-9-19)21-11-17-27(25,26)23-15-13-22(14-16-23)12-10-18-6-2-1-3-7-18;/h1-3,6-7,19H,4-5,8-17H2,(H,21,24);1H. The zero-order valence-corrected chi connectivity index (χ0v) is 18.0. The average molecular weight is 430 g/mol. The molecule has 1 amide bonds. The summed E-state index contributed by atoms with van der Waals surface area (Å²) in [7, 11) is -3.30. The van der Waals surface area contributed by atoms with Crippen LogP contribution in [0.3, 0.4) is 0 Å². The van der Waals surface area contributed by atoms with E-state index >= 15 is 0 Å². The van der Waals surface area contributed by atoms with Crippen LogP contribution >= 0.6 is 12.4 Å². The minimum Gasteiger partial charge on any atom is -0.355 e. The van der Waals surface area contributed by atoms with Gasteiger partial charge in [0.1, 0.15) is 0 Å². The summed E-state index contributed by atoms with van der Waals surface area (Å²) in [6.45, 7) is 3.77. The van der Waals surface area contributed by atoms with Crippen molar-refractivity contribution in [1.82, 2.24) is 14.5 Å². The van der Waals surface area contributed by atoms with E-state index in [-0.39, 0.29) is 36.5 Å². The largest absolute Gasteiger partial charge is 0.355 e. The van der Waals surface area contributed by atoms with Gasteiger partial charge < -0.3 is 10.2 Å². The fraction of sp³-hybridized carbons (Fsp3) is 0.650. The summed E-state index contributed by atoms with van der Waals surface area (Å²) >= 11 is 0. The zero-order valence-electron chi connectivity index (χ0n) is 16.4. The van der Waals surface area contributed by atoms with Crippen molar-refractivity contribution in [2.75, 3.05) is 45.0 Å². The third-order valence-electron chi connectivity index (χ3n) is 5.67. The molecule has 1 aliphatic carbocycles. The lowest BCUT2D eigenvalue weighted by Gasteiger charge is -2.34. The summed E-state index contributed by atoms with van der Waals surface area (Å²) in [5, 5.41) is 2.81. The first-order chi connectivity index (χ1) is 13.0. The summed E-state index contributed by atoms with van der Waals surface area (Å²) in [5.41, 5.74) is 1.31. The highest BCUT2D eigenvalue weighted by molar-refractivity contribution is 7.89. The molecule has 1 aromatic rings. The minimum absolute atomic E-state index is 0. The quantitative estimate of drug-likeness (QED) is 0.685. The summed E-state index contributed by atoms with van der Waals surface area (Å²) in [4.78, 5) is 14.3. The maximum Gasteiger partial charge on any atom is 0.223 e. The van der Waals surface area contributed by atoms with E-state index in [2.05, 4.69) is 22.3 Å². The predicted octanol–water partition coefficient (Wildman–Crippen LogP) is 1.90. The first-order valence-corrected chi connectivity index (χ1v) is 11.7. The van der Waals surface area contributed by atoms with Crippen molar-refractivity contribution in [3.63, 3.8) is 0 Å². The molecule has 1 aliphatic heterocycles. The molecule has 0 atom stereocenters. The third-order valence-corrected chi connectivity index (χ3v) is 7.54. The molecule has 2 aliphatic rings. The van der Waals surface area contributed by atoms with Gasteiger partial charge in [-0.25, -0.2) is 8.42 Å². The number of hydrogen-bond acceptors (Lipinski definition) is 4. The molecule has 0 aromatic heterocycles. The molecule has 6 nitrogen and oxygen atoms in total. The fourth-order valence-corrected chi connectivity index (χ4v) is 5.27. The number of piperazine rings is 1. The number of benzene rings is 1. The van der Waals surface area contributed by atoms with E-state index in [0.717, 1.165) is 51.7 Å². The number of hydrogen-bond donors (Lipinski definition) is 1. The highest BCUT2D eigenvalue weighted by Crippen LogP contribution is 2.24. The third kappa shape index (κ3) is 6.72. The molecule has 2 fully saturated rings. The zero-order chi connectivity index (χ0) is 19.1. The maximum absolute atomic E-state index is 12.5. The first-order valence-electron chi connectivity index (χ1n) is 10.1. The van der Waals surface area contributed by atoms with Crippen LogP contribution in [0.2, 0.25) is 0 Å². The van der Waals surface area contributed by atoms with Gasteiger partial charge in [0.25, 0.3) is 0 Å². The van der Waals surface area contributed by atoms with Crippen molar-refractivity contribution in [2.45, 2.75) is 32.1 Å². The smallest absolute Gasteiger partial charge is 0.223 e. The van der Waals surface area contributed by atoms with Gasteiger partial charge in [-0.3, -0.25) is 4.79 Å². The van der Waals surface area contributed by atoms with Crippen molar-refractivity contribution in [1.29, 1.82) is 0 Å². The number of nitrogens with one attached hydrogen (secondary N) is 1. The summed E-state index contributed by atoms with van der Waals surface area (Å²) < 4.78 is 26.6. The second-order valence-corrected chi connectivity index (χ2v) is 9.65. The van der Waals surface area contributed by atoms with Gasteiger partial charge in [-0.15, -0.1) is 12.4 Å². The van der Waals surface area contributed by atoms with Crippen LogP contribution in [0.5, 0.6) is 0 Å². The molecule has 1 saturated carbocycles. The number of rotatable bonds is 8. The Hall–Kier alpha value is -1.15. The topological polar surface area (TPSA) is 69.7 Å². The van der Waals surface area contributed by atoms with Gasteiger partial charge in [0, 0.05) is 45.2 Å². The van der Waals surface area contributed by atoms with Crippen molar-refractivity contribution in [3.05, 3.63) is 35.9 Å². The van der Waals surface area contributed by atoms with Gasteiger partial charge in [0.15, 0.2) is 0 Å². The first kappa shape index (κ1) is 23.1. The van der Waals surface area contributed by atoms with E-state index in [9.17, 15) is 13.2 Å². The molecular weight excluding hydrogens is 398 g/mol. The number of nitrogens with zero attached hydrogens (tertiary/aromatic N) is 2. The van der Waals surface area contributed by atoms with Gasteiger partial charge in [-0.2, -0.15) is 4.31 Å². The van der Waals surface area contributed by atoms with E-state index < -0.39 is 10.0 Å². The highest BCUT2D eigenvalue weighted by atomic mass is 35.5. The van der Waals surface area contributed by atoms with Crippen molar-refractivity contribution in [3.8, 4) is 0 Å². The van der Waals surface area contributed by atoms with Crippen LogP contribution in [0.15, 0.2) is 30.3 Å². The number of sulfonamides is 1. The Balaban J connectivity index is 0.00000280. The molecule has 0 spiro atoms. The molecule has 1 N–H and O–H groups in total.